The normalized spacial score (nSPS) is 13.0. The molecular formula is C16H22N4O3S. The van der Waals surface area contributed by atoms with Crippen molar-refractivity contribution in [2.75, 3.05) is 6.54 Å². The number of primary sulfonamides is 1. The first-order chi connectivity index (χ1) is 11.3. The smallest absolute Gasteiger partial charge is 0.263 e. The van der Waals surface area contributed by atoms with E-state index in [0.717, 1.165) is 12.0 Å². The Morgan fingerprint density at radius 1 is 1.38 bits per heavy atom. The van der Waals surface area contributed by atoms with Gasteiger partial charge in [0.15, 0.2) is 0 Å². The number of amides is 1. The fraction of sp³-hybridized carbons (Fsp3) is 0.375. The van der Waals surface area contributed by atoms with E-state index >= 15 is 0 Å². The second-order valence-electron chi connectivity index (χ2n) is 5.35. The first-order valence-corrected chi connectivity index (χ1v) is 9.08. The Morgan fingerprint density at radius 2 is 2.00 bits per heavy atom. The van der Waals surface area contributed by atoms with Gasteiger partial charge in [0, 0.05) is 18.8 Å². The summed E-state index contributed by atoms with van der Waals surface area (Å²) in [5, 5.41) is 19.7. The van der Waals surface area contributed by atoms with Gasteiger partial charge in [-0.3, -0.25) is 4.79 Å². The van der Waals surface area contributed by atoms with Gasteiger partial charge in [0.25, 0.3) is 5.91 Å². The summed E-state index contributed by atoms with van der Waals surface area (Å²) in [5.74, 6) is -0.406. The maximum Gasteiger partial charge on any atom is 0.263 e. The number of hydrogen-bond acceptors (Lipinski definition) is 5. The predicted octanol–water partition coefficient (Wildman–Crippen LogP) is 0.788. The third-order valence-electron chi connectivity index (χ3n) is 3.41. The van der Waals surface area contributed by atoms with Crippen LogP contribution in [0.25, 0.3) is 0 Å². The van der Waals surface area contributed by atoms with Crippen molar-refractivity contribution in [3.8, 4) is 6.07 Å². The number of carbonyl (C=O) groups excluding carboxylic acids is 1. The van der Waals surface area contributed by atoms with Crippen molar-refractivity contribution < 1.29 is 13.2 Å². The van der Waals surface area contributed by atoms with E-state index in [1.54, 1.807) is 12.1 Å². The highest BCUT2D eigenvalue weighted by atomic mass is 32.2. The van der Waals surface area contributed by atoms with Crippen LogP contribution in [0.3, 0.4) is 0 Å². The SMILES string of the molecule is CCC(C)NC(=O)/C(C#N)=C\NCCc1ccc(S(N)(=O)=O)cc1. The summed E-state index contributed by atoms with van der Waals surface area (Å²) in [5.41, 5.74) is 0.922. The van der Waals surface area contributed by atoms with Crippen LogP contribution in [0.1, 0.15) is 25.8 Å². The fourth-order valence-corrected chi connectivity index (χ4v) is 2.30. The van der Waals surface area contributed by atoms with E-state index in [1.165, 1.54) is 18.3 Å². The van der Waals surface area contributed by atoms with E-state index in [0.29, 0.717) is 13.0 Å². The Kier molecular flexibility index (Phi) is 7.42. The number of benzene rings is 1. The molecule has 0 aliphatic heterocycles. The van der Waals surface area contributed by atoms with Crippen LogP contribution in [0.5, 0.6) is 0 Å². The number of hydrogen-bond donors (Lipinski definition) is 3. The molecule has 130 valence electrons. The lowest BCUT2D eigenvalue weighted by Crippen LogP contribution is -2.33. The van der Waals surface area contributed by atoms with Crippen LogP contribution in [0, 0.1) is 11.3 Å². The molecule has 0 aliphatic carbocycles. The lowest BCUT2D eigenvalue weighted by molar-refractivity contribution is -0.117. The van der Waals surface area contributed by atoms with Gasteiger partial charge in [-0.15, -0.1) is 0 Å². The van der Waals surface area contributed by atoms with Crippen LogP contribution >= 0.6 is 0 Å². The molecule has 1 rings (SSSR count). The van der Waals surface area contributed by atoms with Crippen LogP contribution < -0.4 is 15.8 Å². The van der Waals surface area contributed by atoms with Gasteiger partial charge >= 0.3 is 0 Å². The standard InChI is InChI=1S/C16H22N4O3S/c1-3-12(2)20-16(21)14(10-17)11-19-9-8-13-4-6-15(7-5-13)24(18,22)23/h4-7,11-12,19H,3,8-9H2,1-2H3,(H,20,21)(H2,18,22,23)/b14-11-. The van der Waals surface area contributed by atoms with Gasteiger partial charge in [0.05, 0.1) is 4.90 Å². The second-order valence-corrected chi connectivity index (χ2v) is 6.91. The monoisotopic (exact) mass is 350 g/mol. The maximum atomic E-state index is 11.8. The maximum absolute atomic E-state index is 11.8. The predicted molar refractivity (Wildman–Crippen MR) is 91.1 cm³/mol. The minimum absolute atomic E-state index is 0.00610. The molecule has 1 amide bonds. The molecule has 0 saturated carbocycles. The van der Waals surface area contributed by atoms with Crippen molar-refractivity contribution in [3.05, 3.63) is 41.6 Å². The van der Waals surface area contributed by atoms with Crippen LogP contribution in [-0.2, 0) is 21.2 Å². The third kappa shape index (κ3) is 6.40. The van der Waals surface area contributed by atoms with Crippen molar-refractivity contribution in [2.24, 2.45) is 5.14 Å². The van der Waals surface area contributed by atoms with Crippen molar-refractivity contribution >= 4 is 15.9 Å². The number of carbonyl (C=O) groups is 1. The largest absolute Gasteiger partial charge is 0.389 e. The molecule has 0 aromatic heterocycles. The Balaban J connectivity index is 2.54. The van der Waals surface area contributed by atoms with E-state index < -0.39 is 15.9 Å². The highest BCUT2D eigenvalue weighted by Crippen LogP contribution is 2.08. The Bertz CT molecular complexity index is 734. The summed E-state index contributed by atoms with van der Waals surface area (Å²) in [4.78, 5) is 11.9. The topological polar surface area (TPSA) is 125 Å². The van der Waals surface area contributed by atoms with E-state index in [4.69, 9.17) is 10.4 Å². The van der Waals surface area contributed by atoms with Crippen LogP contribution in [-0.4, -0.2) is 26.9 Å². The van der Waals surface area contributed by atoms with E-state index in [1.807, 2.05) is 19.9 Å². The Hall–Kier alpha value is -2.37. The van der Waals surface area contributed by atoms with Gasteiger partial charge in [-0.05, 0) is 37.5 Å². The highest BCUT2D eigenvalue weighted by molar-refractivity contribution is 7.89. The Labute approximate surface area is 142 Å². The van der Waals surface area contributed by atoms with Crippen molar-refractivity contribution in [1.82, 2.24) is 10.6 Å². The molecule has 1 aromatic carbocycles. The first kappa shape index (κ1) is 19.7. The van der Waals surface area contributed by atoms with Gasteiger partial charge in [0.1, 0.15) is 11.6 Å². The van der Waals surface area contributed by atoms with Crippen molar-refractivity contribution in [3.63, 3.8) is 0 Å². The number of sulfonamides is 1. The number of nitrogens with zero attached hydrogens (tertiary/aromatic N) is 1. The van der Waals surface area contributed by atoms with E-state index in [9.17, 15) is 13.2 Å². The van der Waals surface area contributed by atoms with Gasteiger partial charge in [0.2, 0.25) is 10.0 Å². The number of nitrogens with one attached hydrogen (secondary N) is 2. The van der Waals surface area contributed by atoms with Crippen molar-refractivity contribution in [2.45, 2.75) is 37.6 Å². The molecule has 24 heavy (non-hydrogen) atoms. The summed E-state index contributed by atoms with van der Waals surface area (Å²) >= 11 is 0. The third-order valence-corrected chi connectivity index (χ3v) is 4.34. The highest BCUT2D eigenvalue weighted by Gasteiger charge is 2.11. The van der Waals surface area contributed by atoms with Crippen molar-refractivity contribution in [1.29, 1.82) is 5.26 Å². The second kappa shape index (κ2) is 9.05. The zero-order valence-electron chi connectivity index (χ0n) is 13.7. The summed E-state index contributed by atoms with van der Waals surface area (Å²) in [7, 11) is -3.69. The molecule has 0 radical (unpaired) electrons. The number of rotatable bonds is 8. The summed E-state index contributed by atoms with van der Waals surface area (Å²) in [6, 6.07) is 8.10. The lowest BCUT2D eigenvalue weighted by atomic mass is 10.1. The zero-order valence-corrected chi connectivity index (χ0v) is 14.6. The van der Waals surface area contributed by atoms with Crippen LogP contribution in [0.15, 0.2) is 40.9 Å². The quantitative estimate of drug-likeness (QED) is 0.363. The molecule has 0 aliphatic rings. The summed E-state index contributed by atoms with van der Waals surface area (Å²) in [6.45, 7) is 4.31. The number of nitriles is 1. The summed E-state index contributed by atoms with van der Waals surface area (Å²) < 4.78 is 22.3. The average Bonchev–Trinajstić information content (AvgIpc) is 2.54. The molecule has 0 fully saturated rings. The molecule has 1 atom stereocenters. The minimum Gasteiger partial charge on any atom is -0.389 e. The minimum atomic E-state index is -3.69. The van der Waals surface area contributed by atoms with Gasteiger partial charge < -0.3 is 10.6 Å². The van der Waals surface area contributed by atoms with Gasteiger partial charge in [-0.1, -0.05) is 19.1 Å². The number of nitrogens with two attached hydrogens (primary N) is 1. The molecule has 8 heteroatoms. The lowest BCUT2D eigenvalue weighted by Gasteiger charge is -2.10. The molecule has 1 unspecified atom stereocenters. The molecule has 4 N–H and O–H groups in total. The Morgan fingerprint density at radius 3 is 2.50 bits per heavy atom. The average molecular weight is 350 g/mol. The molecule has 1 aromatic rings. The van der Waals surface area contributed by atoms with Crippen LogP contribution in [0.4, 0.5) is 0 Å². The molecule has 0 saturated heterocycles. The van der Waals surface area contributed by atoms with Gasteiger partial charge in [-0.2, -0.15) is 5.26 Å². The first-order valence-electron chi connectivity index (χ1n) is 7.54. The molecular weight excluding hydrogens is 328 g/mol. The fourth-order valence-electron chi connectivity index (χ4n) is 1.79. The molecule has 7 nitrogen and oxygen atoms in total. The zero-order chi connectivity index (χ0) is 18.2. The van der Waals surface area contributed by atoms with Crippen LogP contribution in [0.2, 0.25) is 0 Å². The molecule has 0 spiro atoms. The van der Waals surface area contributed by atoms with Gasteiger partial charge in [-0.25, -0.2) is 13.6 Å². The van der Waals surface area contributed by atoms with E-state index in [2.05, 4.69) is 10.6 Å². The summed E-state index contributed by atoms with van der Waals surface area (Å²) in [6.07, 6.45) is 2.77. The molecule has 0 heterocycles. The molecule has 0 bridgehead atoms. The van der Waals surface area contributed by atoms with E-state index in [-0.39, 0.29) is 16.5 Å².